The summed E-state index contributed by atoms with van der Waals surface area (Å²) in [5.41, 5.74) is 2.26. The van der Waals surface area contributed by atoms with Crippen LogP contribution in [0.4, 0.5) is 0 Å². The Kier molecular flexibility index (Phi) is 5.29. The second kappa shape index (κ2) is 5.42. The van der Waals surface area contributed by atoms with E-state index in [1.54, 1.807) is 0 Å². The average Bonchev–Trinajstić information content (AvgIpc) is 1.97. The molecule has 0 unspecified atom stereocenters. The molecule has 13 heavy (non-hydrogen) atoms. The van der Waals surface area contributed by atoms with Crippen LogP contribution in [0.3, 0.4) is 0 Å². The highest BCUT2D eigenvalue weighted by Gasteiger charge is 2.12. The molecular formula is C10H16INO. The van der Waals surface area contributed by atoms with E-state index >= 15 is 0 Å². The number of aryl methyl sites for hydroxylation is 2. The summed E-state index contributed by atoms with van der Waals surface area (Å²) >= 11 is 0. The van der Waals surface area contributed by atoms with Crippen LogP contribution in [0.5, 0.6) is 0 Å². The van der Waals surface area contributed by atoms with Crippen molar-refractivity contribution >= 4 is 0 Å². The fourth-order valence-electron chi connectivity index (χ4n) is 1.12. The third-order valence-corrected chi connectivity index (χ3v) is 1.63. The van der Waals surface area contributed by atoms with E-state index in [2.05, 4.69) is 0 Å². The second-order valence-electron chi connectivity index (χ2n) is 3.26. The Bertz CT molecular complexity index is 253. The summed E-state index contributed by atoms with van der Waals surface area (Å²) in [4.78, 5) is 5.59. The van der Waals surface area contributed by atoms with Crippen LogP contribution in [-0.2, 0) is 0 Å². The molecule has 0 fully saturated rings. The molecule has 0 saturated carbocycles. The topological polar surface area (TPSA) is 13.1 Å². The van der Waals surface area contributed by atoms with E-state index in [1.807, 2.05) is 50.6 Å². The van der Waals surface area contributed by atoms with Crippen LogP contribution in [0.25, 0.3) is 0 Å². The van der Waals surface area contributed by atoms with Crippen LogP contribution >= 0.6 is 0 Å². The molecule has 0 amide bonds. The highest BCUT2D eigenvalue weighted by atomic mass is 127. The minimum atomic E-state index is 0. The predicted octanol–water partition coefficient (Wildman–Crippen LogP) is -1.57. The molecule has 1 aromatic rings. The maximum Gasteiger partial charge on any atom is 0.231 e. The molecule has 0 bridgehead atoms. The van der Waals surface area contributed by atoms with Gasteiger partial charge >= 0.3 is 0 Å². The lowest BCUT2D eigenvalue weighted by molar-refractivity contribution is -0.905. The van der Waals surface area contributed by atoms with E-state index in [-0.39, 0.29) is 30.1 Å². The first-order valence-corrected chi connectivity index (χ1v) is 4.26. The van der Waals surface area contributed by atoms with Gasteiger partial charge in [0.1, 0.15) is 0 Å². The number of nitrogens with zero attached hydrogens (tertiary/aromatic N) is 1. The normalized spacial score (nSPS) is 9.62. The van der Waals surface area contributed by atoms with Gasteiger partial charge in [-0.05, 0) is 19.9 Å². The van der Waals surface area contributed by atoms with Crippen molar-refractivity contribution < 1.29 is 33.5 Å². The van der Waals surface area contributed by atoms with Gasteiger partial charge in [-0.3, -0.25) is 4.84 Å². The molecule has 1 rings (SSSR count). The van der Waals surface area contributed by atoms with Crippen molar-refractivity contribution in [2.45, 2.75) is 33.8 Å². The lowest BCUT2D eigenvalue weighted by Gasteiger charge is -2.04. The molecule has 1 heterocycles. The molecule has 0 spiro atoms. The van der Waals surface area contributed by atoms with Crippen LogP contribution in [-0.4, -0.2) is 6.10 Å². The molecule has 74 valence electrons. The van der Waals surface area contributed by atoms with E-state index in [0.29, 0.717) is 0 Å². The van der Waals surface area contributed by atoms with Gasteiger partial charge in [0.05, 0.1) is 0 Å². The van der Waals surface area contributed by atoms with E-state index in [1.165, 1.54) is 0 Å². The van der Waals surface area contributed by atoms with Gasteiger partial charge in [0.15, 0.2) is 6.10 Å². The van der Waals surface area contributed by atoms with Gasteiger partial charge < -0.3 is 24.0 Å². The van der Waals surface area contributed by atoms with Crippen molar-refractivity contribution in [1.82, 2.24) is 0 Å². The van der Waals surface area contributed by atoms with Crippen LogP contribution in [0.15, 0.2) is 18.2 Å². The van der Waals surface area contributed by atoms with Gasteiger partial charge in [-0.2, -0.15) is 0 Å². The Morgan fingerprint density at radius 2 is 1.62 bits per heavy atom. The molecule has 0 aromatic carbocycles. The van der Waals surface area contributed by atoms with Gasteiger partial charge in [-0.25, -0.2) is 0 Å². The third kappa shape index (κ3) is 3.50. The summed E-state index contributed by atoms with van der Waals surface area (Å²) in [5, 5.41) is 0. The van der Waals surface area contributed by atoms with E-state index in [0.717, 1.165) is 11.4 Å². The van der Waals surface area contributed by atoms with Crippen molar-refractivity contribution in [3.63, 3.8) is 0 Å². The summed E-state index contributed by atoms with van der Waals surface area (Å²) in [7, 11) is 0. The molecule has 3 heteroatoms. The first-order chi connectivity index (χ1) is 5.61. The van der Waals surface area contributed by atoms with Crippen LogP contribution < -0.4 is 33.5 Å². The van der Waals surface area contributed by atoms with E-state index in [4.69, 9.17) is 4.84 Å². The first kappa shape index (κ1) is 12.7. The fourth-order valence-corrected chi connectivity index (χ4v) is 1.12. The number of aromatic nitrogens is 1. The number of halogens is 1. The number of hydrogen-bond acceptors (Lipinski definition) is 1. The molecule has 0 radical (unpaired) electrons. The third-order valence-electron chi connectivity index (χ3n) is 1.63. The Balaban J connectivity index is 0.00000144. The van der Waals surface area contributed by atoms with E-state index in [9.17, 15) is 0 Å². The van der Waals surface area contributed by atoms with Gasteiger partial charge in [0, 0.05) is 30.7 Å². The van der Waals surface area contributed by atoms with Crippen molar-refractivity contribution in [3.05, 3.63) is 29.6 Å². The maximum atomic E-state index is 5.59. The van der Waals surface area contributed by atoms with E-state index < -0.39 is 0 Å². The number of rotatable bonds is 2. The molecule has 0 aliphatic rings. The molecule has 0 atom stereocenters. The molecular weight excluding hydrogens is 277 g/mol. The lowest BCUT2D eigenvalue weighted by Crippen LogP contribution is -3.00. The maximum absolute atomic E-state index is 5.59. The minimum absolute atomic E-state index is 0. The van der Waals surface area contributed by atoms with Gasteiger partial charge in [0.25, 0.3) is 0 Å². The monoisotopic (exact) mass is 293 g/mol. The van der Waals surface area contributed by atoms with Crippen molar-refractivity contribution in [2.75, 3.05) is 0 Å². The minimum Gasteiger partial charge on any atom is -1.00 e. The molecule has 2 nitrogen and oxygen atoms in total. The highest BCUT2D eigenvalue weighted by molar-refractivity contribution is 5.00. The largest absolute Gasteiger partial charge is 1.00 e. The lowest BCUT2D eigenvalue weighted by atomic mass is 10.3. The standard InChI is InChI=1S/C10H16NO.HI/c1-8(2)12-11-9(3)6-5-7-10(11)4;/h5-8H,1-4H3;1H/q+1;/p-1. The molecule has 0 aliphatic carbocycles. The summed E-state index contributed by atoms with van der Waals surface area (Å²) in [5.74, 6) is 0. The van der Waals surface area contributed by atoms with Crippen molar-refractivity contribution in [3.8, 4) is 0 Å². The molecule has 0 aliphatic heterocycles. The highest BCUT2D eigenvalue weighted by Crippen LogP contribution is 1.93. The fraction of sp³-hybridized carbons (Fsp3) is 0.500. The van der Waals surface area contributed by atoms with Crippen LogP contribution in [0.2, 0.25) is 0 Å². The number of hydrogen-bond donors (Lipinski definition) is 0. The Morgan fingerprint density at radius 3 is 2.00 bits per heavy atom. The summed E-state index contributed by atoms with van der Waals surface area (Å²) in [6.45, 7) is 8.13. The molecule has 0 N–H and O–H groups in total. The Morgan fingerprint density at radius 1 is 1.15 bits per heavy atom. The first-order valence-electron chi connectivity index (χ1n) is 4.26. The number of pyridine rings is 1. The molecule has 1 aromatic heterocycles. The van der Waals surface area contributed by atoms with Crippen LogP contribution in [0.1, 0.15) is 25.2 Å². The zero-order chi connectivity index (χ0) is 9.14. The van der Waals surface area contributed by atoms with Gasteiger partial charge in [-0.15, -0.1) is 0 Å². The Hall–Kier alpha value is -0.320. The van der Waals surface area contributed by atoms with Gasteiger partial charge in [-0.1, -0.05) is 0 Å². The van der Waals surface area contributed by atoms with Crippen LogP contribution in [0, 0.1) is 13.8 Å². The zero-order valence-corrected chi connectivity index (χ0v) is 10.7. The van der Waals surface area contributed by atoms with Gasteiger partial charge in [0.2, 0.25) is 11.4 Å². The SMILES string of the molecule is Cc1cccc(C)[n+]1OC(C)C.[I-]. The molecule has 0 saturated heterocycles. The Labute approximate surface area is 96.9 Å². The average molecular weight is 293 g/mol. The van der Waals surface area contributed by atoms with Crippen molar-refractivity contribution in [1.29, 1.82) is 0 Å². The second-order valence-corrected chi connectivity index (χ2v) is 3.26. The summed E-state index contributed by atoms with van der Waals surface area (Å²) in [6.07, 6.45) is 0.217. The van der Waals surface area contributed by atoms with Crippen molar-refractivity contribution in [2.24, 2.45) is 0 Å². The predicted molar refractivity (Wildman–Crippen MR) is 47.8 cm³/mol. The quantitative estimate of drug-likeness (QED) is 0.474. The smallest absolute Gasteiger partial charge is 0.231 e. The zero-order valence-electron chi connectivity index (χ0n) is 8.54. The summed E-state index contributed by atoms with van der Waals surface area (Å²) < 4.78 is 1.87. The summed E-state index contributed by atoms with van der Waals surface area (Å²) in [6, 6.07) is 6.11.